The lowest BCUT2D eigenvalue weighted by Gasteiger charge is -1.97. The van der Waals surface area contributed by atoms with Crippen LogP contribution in [-0.4, -0.2) is 32.4 Å². The van der Waals surface area contributed by atoms with E-state index < -0.39 is 9.85 Å². The average molecular weight is 485 g/mol. The third-order valence-corrected chi connectivity index (χ3v) is 5.43. The SMILES string of the molecule is NC(=N/N=C/c1cccc([N+](=O)[O-])c1)SCc1csc(N/N=C/c2cccc([N+](=O)[O-])c2)n1. The molecular weight excluding hydrogens is 468 g/mol. The van der Waals surface area contributed by atoms with Crippen LogP contribution < -0.4 is 11.2 Å². The van der Waals surface area contributed by atoms with Gasteiger partial charge in [-0.2, -0.15) is 10.2 Å². The first kappa shape index (κ1) is 23.5. The first-order chi connectivity index (χ1) is 15.9. The van der Waals surface area contributed by atoms with Gasteiger partial charge < -0.3 is 5.73 Å². The molecule has 1 heterocycles. The Kier molecular flexibility index (Phi) is 8.15. The highest BCUT2D eigenvalue weighted by Gasteiger charge is 2.06. The number of nitrogens with one attached hydrogen (secondary N) is 1. The molecule has 33 heavy (non-hydrogen) atoms. The normalized spacial score (nSPS) is 11.8. The molecule has 0 spiro atoms. The first-order valence-electron chi connectivity index (χ1n) is 9.12. The fraction of sp³-hybridized carbons (Fsp3) is 0.0526. The van der Waals surface area contributed by atoms with E-state index in [-0.39, 0.29) is 16.5 Å². The Balaban J connectivity index is 1.49. The van der Waals surface area contributed by atoms with Gasteiger partial charge in [0.1, 0.15) is 0 Å². The summed E-state index contributed by atoms with van der Waals surface area (Å²) in [7, 11) is 0. The number of anilines is 1. The Morgan fingerprint density at radius 2 is 1.73 bits per heavy atom. The summed E-state index contributed by atoms with van der Waals surface area (Å²) in [6, 6.07) is 12.1. The van der Waals surface area contributed by atoms with E-state index in [4.69, 9.17) is 5.73 Å². The van der Waals surface area contributed by atoms with Gasteiger partial charge in [-0.15, -0.1) is 16.4 Å². The number of nitro benzene ring substituents is 2. The zero-order valence-corrected chi connectivity index (χ0v) is 18.4. The maximum Gasteiger partial charge on any atom is 0.270 e. The third-order valence-electron chi connectivity index (χ3n) is 3.82. The van der Waals surface area contributed by atoms with Crippen LogP contribution in [0.15, 0.2) is 69.2 Å². The van der Waals surface area contributed by atoms with Gasteiger partial charge >= 0.3 is 0 Å². The summed E-state index contributed by atoms with van der Waals surface area (Å²) in [4.78, 5) is 25.0. The lowest BCUT2D eigenvalue weighted by atomic mass is 10.2. The van der Waals surface area contributed by atoms with Gasteiger partial charge in [0, 0.05) is 46.5 Å². The minimum Gasteiger partial charge on any atom is -0.377 e. The molecule has 3 aromatic rings. The second kappa shape index (κ2) is 11.4. The van der Waals surface area contributed by atoms with E-state index in [1.54, 1.807) is 24.3 Å². The van der Waals surface area contributed by atoms with E-state index in [9.17, 15) is 20.2 Å². The lowest BCUT2D eigenvalue weighted by Crippen LogP contribution is -2.06. The minimum atomic E-state index is -0.485. The van der Waals surface area contributed by atoms with E-state index in [1.807, 2.05) is 5.38 Å². The summed E-state index contributed by atoms with van der Waals surface area (Å²) in [6.45, 7) is 0. The molecule has 12 nitrogen and oxygen atoms in total. The number of nitrogens with zero attached hydrogens (tertiary/aromatic N) is 6. The number of amidine groups is 1. The van der Waals surface area contributed by atoms with Crippen molar-refractivity contribution in [3.05, 3.63) is 91.0 Å². The zero-order chi connectivity index (χ0) is 23.6. The van der Waals surface area contributed by atoms with Crippen LogP contribution in [0.5, 0.6) is 0 Å². The van der Waals surface area contributed by atoms with Crippen molar-refractivity contribution in [3.8, 4) is 0 Å². The monoisotopic (exact) mass is 484 g/mol. The van der Waals surface area contributed by atoms with Crippen molar-refractivity contribution in [2.24, 2.45) is 21.0 Å². The van der Waals surface area contributed by atoms with Crippen LogP contribution in [0.4, 0.5) is 16.5 Å². The lowest BCUT2D eigenvalue weighted by molar-refractivity contribution is -0.385. The molecule has 0 bridgehead atoms. The van der Waals surface area contributed by atoms with Gasteiger partial charge in [-0.25, -0.2) is 4.98 Å². The van der Waals surface area contributed by atoms with Gasteiger partial charge in [0.05, 0.1) is 28.0 Å². The Morgan fingerprint density at radius 1 is 1.09 bits per heavy atom. The van der Waals surface area contributed by atoms with Crippen molar-refractivity contribution in [2.45, 2.75) is 5.75 Å². The smallest absolute Gasteiger partial charge is 0.270 e. The van der Waals surface area contributed by atoms with Crippen molar-refractivity contribution in [2.75, 3.05) is 5.43 Å². The summed E-state index contributed by atoms with van der Waals surface area (Å²) in [5, 5.41) is 35.9. The minimum absolute atomic E-state index is 0.0128. The zero-order valence-electron chi connectivity index (χ0n) is 16.8. The standard InChI is InChI=1S/C19H16N8O4S2/c20-18(24-21-9-13-3-1-5-16(7-13)26(28)29)32-11-15-12-33-19(23-15)25-22-10-14-4-2-6-17(8-14)27(30)31/h1-10,12H,11H2,(H2,20,24)(H,23,25)/b21-9+,22-10+. The van der Waals surface area contributed by atoms with Gasteiger partial charge in [-0.3, -0.25) is 25.7 Å². The molecule has 0 unspecified atom stereocenters. The summed E-state index contributed by atoms with van der Waals surface area (Å²) >= 11 is 2.57. The highest BCUT2D eigenvalue weighted by molar-refractivity contribution is 8.13. The summed E-state index contributed by atoms with van der Waals surface area (Å²) in [5.41, 5.74) is 10.4. The van der Waals surface area contributed by atoms with Crippen LogP contribution in [-0.2, 0) is 5.75 Å². The second-order valence-corrected chi connectivity index (χ2v) is 8.04. The molecule has 3 rings (SSSR count). The van der Waals surface area contributed by atoms with Crippen LogP contribution in [0.3, 0.4) is 0 Å². The van der Waals surface area contributed by atoms with Crippen LogP contribution in [0.1, 0.15) is 16.8 Å². The number of thioether (sulfide) groups is 1. The first-order valence-corrected chi connectivity index (χ1v) is 11.0. The Hall–Kier alpha value is -4.17. The molecule has 0 atom stereocenters. The molecule has 0 amide bonds. The predicted molar refractivity (Wildman–Crippen MR) is 130 cm³/mol. The summed E-state index contributed by atoms with van der Waals surface area (Å²) in [5.74, 6) is 0.453. The molecule has 0 aliphatic rings. The molecule has 3 N–H and O–H groups in total. The number of hydrogen-bond donors (Lipinski definition) is 2. The van der Waals surface area contributed by atoms with Gasteiger partial charge in [0.15, 0.2) is 5.17 Å². The van der Waals surface area contributed by atoms with Crippen LogP contribution in [0, 0.1) is 20.2 Å². The molecule has 0 aliphatic carbocycles. The predicted octanol–water partition coefficient (Wildman–Crippen LogP) is 3.99. The molecule has 0 fully saturated rings. The fourth-order valence-corrected chi connectivity index (χ4v) is 3.67. The number of hydrazone groups is 1. The van der Waals surface area contributed by atoms with Crippen molar-refractivity contribution in [3.63, 3.8) is 0 Å². The number of thiazole rings is 1. The number of nitrogens with two attached hydrogens (primary N) is 1. The highest BCUT2D eigenvalue weighted by Crippen LogP contribution is 2.20. The van der Waals surface area contributed by atoms with Gasteiger partial charge in [-0.1, -0.05) is 36.0 Å². The Labute approximate surface area is 195 Å². The summed E-state index contributed by atoms with van der Waals surface area (Å²) in [6.07, 6.45) is 2.84. The van der Waals surface area contributed by atoms with Crippen LogP contribution >= 0.6 is 23.1 Å². The number of benzene rings is 2. The van der Waals surface area contributed by atoms with Gasteiger partial charge in [-0.05, 0) is 0 Å². The molecule has 1 aromatic heterocycles. The number of hydrogen-bond acceptors (Lipinski definition) is 11. The molecule has 0 saturated heterocycles. The number of aromatic nitrogens is 1. The number of rotatable bonds is 9. The van der Waals surface area contributed by atoms with Crippen molar-refractivity contribution < 1.29 is 9.85 Å². The maximum atomic E-state index is 10.8. The maximum absolute atomic E-state index is 10.8. The molecule has 0 radical (unpaired) electrons. The summed E-state index contributed by atoms with van der Waals surface area (Å²) < 4.78 is 0. The second-order valence-electron chi connectivity index (χ2n) is 6.19. The molecule has 0 saturated carbocycles. The van der Waals surface area contributed by atoms with E-state index in [2.05, 4.69) is 25.7 Å². The molecule has 2 aromatic carbocycles. The molecule has 168 valence electrons. The Bertz CT molecular complexity index is 1240. The topological polar surface area (TPSA) is 174 Å². The Morgan fingerprint density at radius 3 is 2.36 bits per heavy atom. The van der Waals surface area contributed by atoms with E-state index in [1.165, 1.54) is 59.8 Å². The molecular formula is C19H16N8O4S2. The van der Waals surface area contributed by atoms with Gasteiger partial charge in [0.2, 0.25) is 5.13 Å². The highest BCUT2D eigenvalue weighted by atomic mass is 32.2. The number of non-ortho nitro benzene ring substituents is 2. The largest absolute Gasteiger partial charge is 0.377 e. The fourth-order valence-electron chi connectivity index (χ4n) is 2.35. The van der Waals surface area contributed by atoms with E-state index in [0.29, 0.717) is 22.0 Å². The van der Waals surface area contributed by atoms with Crippen molar-refractivity contribution >= 4 is 57.2 Å². The van der Waals surface area contributed by atoms with E-state index >= 15 is 0 Å². The van der Waals surface area contributed by atoms with Crippen LogP contribution in [0.2, 0.25) is 0 Å². The van der Waals surface area contributed by atoms with Crippen molar-refractivity contribution in [1.82, 2.24) is 4.98 Å². The van der Waals surface area contributed by atoms with Gasteiger partial charge in [0.25, 0.3) is 11.4 Å². The quantitative estimate of drug-likeness (QED) is 0.198. The average Bonchev–Trinajstić information content (AvgIpc) is 3.26. The number of nitro groups is 2. The third kappa shape index (κ3) is 7.48. The van der Waals surface area contributed by atoms with Crippen LogP contribution in [0.25, 0.3) is 0 Å². The van der Waals surface area contributed by atoms with Crippen molar-refractivity contribution in [1.29, 1.82) is 0 Å². The molecule has 14 heteroatoms. The van der Waals surface area contributed by atoms with E-state index in [0.717, 1.165) is 5.69 Å². The molecule has 0 aliphatic heterocycles.